The first-order chi connectivity index (χ1) is 20.1. The molecule has 0 spiro atoms. The van der Waals surface area contributed by atoms with Crippen molar-refractivity contribution >= 4 is 45.9 Å². The number of thioether (sulfide) groups is 1. The van der Waals surface area contributed by atoms with Crippen molar-refractivity contribution < 1.29 is 14.3 Å². The van der Waals surface area contributed by atoms with Crippen LogP contribution in [0.5, 0.6) is 0 Å². The molecule has 0 saturated heterocycles. The monoisotopic (exact) mass is 557 g/mol. The second-order valence-electron chi connectivity index (χ2n) is 10.2. The minimum atomic E-state index is -1.16. The quantitative estimate of drug-likeness (QED) is 0.187. The molecule has 2 N–H and O–H groups in total. The van der Waals surface area contributed by atoms with Gasteiger partial charge in [0.25, 0.3) is 0 Å². The zero-order chi connectivity index (χ0) is 28.0. The molecule has 3 heterocycles. The van der Waals surface area contributed by atoms with Gasteiger partial charge in [-0.15, -0.1) is 11.8 Å². The Morgan fingerprint density at radius 2 is 1.66 bits per heavy atom. The number of esters is 1. The number of nitrogens with one attached hydrogen (secondary N) is 2. The minimum absolute atomic E-state index is 0.0400. The summed E-state index contributed by atoms with van der Waals surface area (Å²) in [6, 6.07) is 34.1. The second-order valence-corrected chi connectivity index (χ2v) is 11.3. The van der Waals surface area contributed by atoms with Gasteiger partial charge < -0.3 is 19.9 Å². The van der Waals surface area contributed by atoms with E-state index in [0.29, 0.717) is 12.2 Å². The van der Waals surface area contributed by atoms with E-state index in [1.54, 1.807) is 11.8 Å². The standard InChI is InChI=1S/C34H27N3O3S/c1-40-31(38)19-28-32(41-30-18-10-8-16-27(30)36-28)34(25-20-35-26-15-7-5-13-23(25)26)24-14-6-9-17-29(24)37(33(34)39)21-22-11-3-2-4-12-22/h2-20,32,35-36H,21H2,1H3/b28-19-/t32-,34-/m0/s1. The maximum atomic E-state index is 15.3. The number of fused-ring (bicyclic) bond motifs is 3. The minimum Gasteiger partial charge on any atom is -0.466 e. The molecule has 0 unspecified atom stereocenters. The molecule has 5 aromatic rings. The van der Waals surface area contributed by atoms with Crippen LogP contribution in [0.4, 0.5) is 11.4 Å². The zero-order valence-electron chi connectivity index (χ0n) is 22.3. The number of rotatable bonds is 5. The van der Waals surface area contributed by atoms with Gasteiger partial charge in [0, 0.05) is 39.5 Å². The van der Waals surface area contributed by atoms with Crippen molar-refractivity contribution in [3.63, 3.8) is 0 Å². The highest BCUT2D eigenvalue weighted by Crippen LogP contribution is 2.58. The van der Waals surface area contributed by atoms with E-state index in [9.17, 15) is 4.79 Å². The molecule has 1 amide bonds. The summed E-state index contributed by atoms with van der Waals surface area (Å²) in [6.45, 7) is 0.429. The smallest absolute Gasteiger partial charge is 0.332 e. The van der Waals surface area contributed by atoms with E-state index in [0.717, 1.165) is 43.9 Å². The molecule has 2 aliphatic heterocycles. The van der Waals surface area contributed by atoms with Gasteiger partial charge in [-0.25, -0.2) is 4.79 Å². The summed E-state index contributed by atoms with van der Waals surface area (Å²) in [6.07, 6.45) is 3.45. The van der Waals surface area contributed by atoms with Gasteiger partial charge in [-0.3, -0.25) is 4.79 Å². The number of amides is 1. The Morgan fingerprint density at radius 1 is 0.927 bits per heavy atom. The van der Waals surface area contributed by atoms with Gasteiger partial charge in [-0.05, 0) is 41.0 Å². The van der Waals surface area contributed by atoms with Gasteiger partial charge in [0.15, 0.2) is 0 Å². The van der Waals surface area contributed by atoms with Gasteiger partial charge in [0.1, 0.15) is 5.41 Å². The van der Waals surface area contributed by atoms with Crippen LogP contribution in [0, 0.1) is 0 Å². The number of aromatic amines is 1. The summed E-state index contributed by atoms with van der Waals surface area (Å²) in [5, 5.41) is 3.97. The van der Waals surface area contributed by atoms with Crippen LogP contribution in [-0.4, -0.2) is 29.2 Å². The van der Waals surface area contributed by atoms with Crippen molar-refractivity contribution in [3.8, 4) is 0 Å². The lowest BCUT2D eigenvalue weighted by atomic mass is 9.71. The van der Waals surface area contributed by atoms with Crippen molar-refractivity contribution in [3.05, 3.63) is 138 Å². The number of methoxy groups -OCH3 is 1. The van der Waals surface area contributed by atoms with Gasteiger partial charge >= 0.3 is 5.97 Å². The Balaban J connectivity index is 1.52. The average molecular weight is 558 g/mol. The molecule has 202 valence electrons. The predicted octanol–water partition coefficient (Wildman–Crippen LogP) is 6.64. The molecule has 0 radical (unpaired) electrons. The van der Waals surface area contributed by atoms with Crippen molar-refractivity contribution in [2.24, 2.45) is 0 Å². The highest BCUT2D eigenvalue weighted by Gasteiger charge is 2.59. The number of ether oxygens (including phenoxy) is 1. The molecule has 0 aliphatic carbocycles. The van der Waals surface area contributed by atoms with E-state index in [2.05, 4.69) is 22.4 Å². The van der Waals surface area contributed by atoms with Crippen LogP contribution in [0.2, 0.25) is 0 Å². The zero-order valence-corrected chi connectivity index (χ0v) is 23.2. The highest BCUT2D eigenvalue weighted by molar-refractivity contribution is 8.00. The third-order valence-corrected chi connectivity index (χ3v) is 9.41. The molecule has 1 aromatic heterocycles. The summed E-state index contributed by atoms with van der Waals surface area (Å²) in [4.78, 5) is 34.3. The Bertz CT molecular complexity index is 1830. The number of hydrogen-bond donors (Lipinski definition) is 2. The fourth-order valence-electron chi connectivity index (χ4n) is 6.16. The van der Waals surface area contributed by atoms with Crippen molar-refractivity contribution in [2.45, 2.75) is 22.1 Å². The van der Waals surface area contributed by atoms with E-state index < -0.39 is 16.6 Å². The number of anilines is 2. The van der Waals surface area contributed by atoms with Crippen molar-refractivity contribution in [2.75, 3.05) is 17.3 Å². The van der Waals surface area contributed by atoms with Gasteiger partial charge in [0.2, 0.25) is 5.91 Å². The molecule has 6 nitrogen and oxygen atoms in total. The molecule has 0 bridgehead atoms. The molecule has 7 heteroatoms. The molecule has 0 saturated carbocycles. The number of nitrogens with zero attached hydrogens (tertiary/aromatic N) is 1. The SMILES string of the molecule is COC(=O)/C=C1\Nc2ccccc2S[C@@H]1[C@]1(c2c[nH]c3ccccc23)C(=O)N(Cc2ccccc2)c2ccccc21. The summed E-state index contributed by atoms with van der Waals surface area (Å²) in [7, 11) is 1.37. The van der Waals surface area contributed by atoms with Crippen LogP contribution in [0.25, 0.3) is 10.9 Å². The van der Waals surface area contributed by atoms with Crippen LogP contribution >= 0.6 is 11.8 Å². The Labute approximate surface area is 242 Å². The van der Waals surface area contributed by atoms with E-state index >= 15 is 4.79 Å². The van der Waals surface area contributed by atoms with Crippen LogP contribution in [-0.2, 0) is 26.3 Å². The largest absolute Gasteiger partial charge is 0.466 e. The Hall–Kier alpha value is -4.75. The lowest BCUT2D eigenvalue weighted by Gasteiger charge is -2.40. The fourth-order valence-corrected chi connectivity index (χ4v) is 7.60. The number of hydrogen-bond acceptors (Lipinski definition) is 5. The van der Waals surface area contributed by atoms with Crippen LogP contribution in [0.15, 0.2) is 126 Å². The molecule has 2 aliphatic rings. The molecular formula is C34H27N3O3S. The molecule has 4 aromatic carbocycles. The third kappa shape index (κ3) is 3.96. The molecule has 0 fully saturated rings. The molecular weight excluding hydrogens is 530 g/mol. The normalized spacial score (nSPS) is 20.5. The lowest BCUT2D eigenvalue weighted by Crippen LogP contribution is -2.50. The van der Waals surface area contributed by atoms with Crippen molar-refractivity contribution in [1.29, 1.82) is 0 Å². The highest BCUT2D eigenvalue weighted by atomic mass is 32.2. The molecule has 41 heavy (non-hydrogen) atoms. The third-order valence-electron chi connectivity index (χ3n) is 7.96. The van der Waals surface area contributed by atoms with E-state index in [-0.39, 0.29) is 5.91 Å². The van der Waals surface area contributed by atoms with E-state index in [1.807, 2.05) is 102 Å². The predicted molar refractivity (Wildman–Crippen MR) is 163 cm³/mol. The van der Waals surface area contributed by atoms with Gasteiger partial charge in [-0.1, -0.05) is 78.9 Å². The summed E-state index contributed by atoms with van der Waals surface area (Å²) in [5.41, 5.74) is 4.97. The number of benzene rings is 4. The number of carbonyl (C=O) groups excluding carboxylic acids is 2. The second kappa shape index (κ2) is 10.0. The first-order valence-corrected chi connectivity index (χ1v) is 14.3. The number of carbonyl (C=O) groups is 2. The van der Waals surface area contributed by atoms with Gasteiger partial charge in [-0.2, -0.15) is 0 Å². The fraction of sp³-hybridized carbons (Fsp3) is 0.118. The van der Waals surface area contributed by atoms with Crippen molar-refractivity contribution in [1.82, 2.24) is 4.98 Å². The summed E-state index contributed by atoms with van der Waals surface area (Å²) >= 11 is 1.60. The van der Waals surface area contributed by atoms with E-state index in [1.165, 1.54) is 13.2 Å². The van der Waals surface area contributed by atoms with Gasteiger partial charge in [0.05, 0.1) is 24.6 Å². The summed E-state index contributed by atoms with van der Waals surface area (Å²) < 4.78 is 5.08. The number of para-hydroxylation sites is 3. The first-order valence-electron chi connectivity index (χ1n) is 13.5. The Morgan fingerprint density at radius 3 is 2.51 bits per heavy atom. The molecule has 2 atom stereocenters. The Kier molecular flexibility index (Phi) is 6.16. The maximum absolute atomic E-state index is 15.3. The average Bonchev–Trinajstić information content (AvgIpc) is 3.55. The maximum Gasteiger partial charge on any atom is 0.332 e. The number of H-pyrrole nitrogens is 1. The van der Waals surface area contributed by atoms with Crippen LogP contribution in [0.3, 0.4) is 0 Å². The lowest BCUT2D eigenvalue weighted by molar-refractivity contribution is -0.135. The number of aromatic nitrogens is 1. The topological polar surface area (TPSA) is 74.4 Å². The van der Waals surface area contributed by atoms with Crippen LogP contribution < -0.4 is 10.2 Å². The first kappa shape index (κ1) is 25.2. The summed E-state index contributed by atoms with van der Waals surface area (Å²) in [5.74, 6) is -0.520. The molecule has 7 rings (SSSR count). The van der Waals surface area contributed by atoms with Crippen LogP contribution in [0.1, 0.15) is 16.7 Å². The van der Waals surface area contributed by atoms with E-state index in [4.69, 9.17) is 4.74 Å².